The summed E-state index contributed by atoms with van der Waals surface area (Å²) in [7, 11) is 0. The summed E-state index contributed by atoms with van der Waals surface area (Å²) in [5.74, 6) is -1.69. The van der Waals surface area contributed by atoms with Gasteiger partial charge in [0, 0.05) is 18.3 Å². The number of nitrogens with one attached hydrogen (secondary N) is 1. The quantitative estimate of drug-likeness (QED) is 0.687. The van der Waals surface area contributed by atoms with E-state index >= 15 is 0 Å². The van der Waals surface area contributed by atoms with E-state index in [0.29, 0.717) is 6.07 Å². The Bertz CT molecular complexity index is 1100. The maximum atomic E-state index is 13.6. The molecule has 0 unspecified atom stereocenters. The first kappa shape index (κ1) is 19.5. The van der Waals surface area contributed by atoms with Crippen LogP contribution in [0.4, 0.5) is 23.2 Å². The number of amides is 1. The molecule has 0 atom stereocenters. The molecular weight excluding hydrogens is 382 g/mol. The molecule has 0 bridgehead atoms. The smallest absolute Gasteiger partial charge is 0.322 e. The molecule has 0 aliphatic heterocycles. The molecule has 148 valence electrons. The predicted octanol–water partition coefficient (Wildman–Crippen LogP) is 2.81. The largest absolute Gasteiger partial charge is 0.417 e. The van der Waals surface area contributed by atoms with Gasteiger partial charge in [-0.2, -0.15) is 18.3 Å². The second-order valence-electron chi connectivity index (χ2n) is 6.36. The number of hydrogen-bond donors (Lipinski definition) is 1. The van der Waals surface area contributed by atoms with Gasteiger partial charge >= 0.3 is 6.18 Å². The van der Waals surface area contributed by atoms with Crippen molar-refractivity contribution < 1.29 is 22.4 Å². The maximum absolute atomic E-state index is 13.6. The molecule has 1 amide bonds. The monoisotopic (exact) mass is 397 g/mol. The summed E-state index contributed by atoms with van der Waals surface area (Å²) in [6.45, 7) is 2.79. The minimum Gasteiger partial charge on any atom is -0.322 e. The number of fused-ring (bicyclic) bond motifs is 1. The van der Waals surface area contributed by atoms with Crippen molar-refractivity contribution in [2.75, 3.05) is 5.32 Å². The number of carbonyl (C=O) groups excluding carboxylic acids is 1. The van der Waals surface area contributed by atoms with Gasteiger partial charge in [-0.25, -0.2) is 9.07 Å². The van der Waals surface area contributed by atoms with Crippen molar-refractivity contribution >= 4 is 17.1 Å². The highest BCUT2D eigenvalue weighted by molar-refractivity contribution is 5.90. The van der Waals surface area contributed by atoms with Crippen LogP contribution in [0.1, 0.15) is 31.2 Å². The maximum Gasteiger partial charge on any atom is 0.417 e. The van der Waals surface area contributed by atoms with E-state index in [2.05, 4.69) is 15.4 Å². The van der Waals surface area contributed by atoms with Gasteiger partial charge in [0.1, 0.15) is 17.9 Å². The standard InChI is InChI=1S/C17H15F4N5O2/c1-9(2)15-24-26(8-14(27)23-12-3-4-22-6-11(12)18)16(28)13-5-10(7-25(13)15)17(19,20)21/h3-7,9H,8H2,1-2H3,(H,22,23,27). The van der Waals surface area contributed by atoms with E-state index < -0.39 is 35.6 Å². The Morgan fingerprint density at radius 2 is 2.04 bits per heavy atom. The molecule has 0 fully saturated rings. The highest BCUT2D eigenvalue weighted by atomic mass is 19.4. The Morgan fingerprint density at radius 3 is 2.64 bits per heavy atom. The van der Waals surface area contributed by atoms with Gasteiger partial charge in [-0.3, -0.25) is 19.0 Å². The summed E-state index contributed by atoms with van der Waals surface area (Å²) >= 11 is 0. The molecule has 0 aromatic carbocycles. The fourth-order valence-corrected chi connectivity index (χ4v) is 2.62. The molecule has 0 spiro atoms. The number of alkyl halides is 3. The van der Waals surface area contributed by atoms with Gasteiger partial charge < -0.3 is 5.32 Å². The zero-order valence-electron chi connectivity index (χ0n) is 14.8. The van der Waals surface area contributed by atoms with E-state index in [1.165, 1.54) is 12.3 Å². The van der Waals surface area contributed by atoms with Crippen molar-refractivity contribution in [3.8, 4) is 0 Å². The molecule has 28 heavy (non-hydrogen) atoms. The summed E-state index contributed by atoms with van der Waals surface area (Å²) in [5.41, 5.74) is -2.26. The van der Waals surface area contributed by atoms with Crippen LogP contribution in [0, 0.1) is 5.82 Å². The number of halogens is 4. The van der Waals surface area contributed by atoms with E-state index in [1.54, 1.807) is 13.8 Å². The molecule has 0 saturated carbocycles. The van der Waals surface area contributed by atoms with E-state index in [4.69, 9.17) is 0 Å². The number of hydrogen-bond acceptors (Lipinski definition) is 4. The van der Waals surface area contributed by atoms with Gasteiger partial charge in [0.15, 0.2) is 5.82 Å². The summed E-state index contributed by atoms with van der Waals surface area (Å²) in [6.07, 6.45) is -1.66. The molecule has 0 aliphatic carbocycles. The first-order chi connectivity index (χ1) is 13.1. The van der Waals surface area contributed by atoms with Crippen molar-refractivity contribution in [1.82, 2.24) is 19.2 Å². The third-order valence-electron chi connectivity index (χ3n) is 3.93. The zero-order valence-corrected chi connectivity index (χ0v) is 14.8. The van der Waals surface area contributed by atoms with Gasteiger partial charge in [0.2, 0.25) is 5.91 Å². The lowest BCUT2D eigenvalue weighted by Gasteiger charge is -2.12. The molecular formula is C17H15F4N5O2. The Hall–Kier alpha value is -3.24. The molecule has 11 heteroatoms. The van der Waals surface area contributed by atoms with Crippen molar-refractivity contribution in [2.24, 2.45) is 0 Å². The summed E-state index contributed by atoms with van der Waals surface area (Å²) < 4.78 is 54.5. The van der Waals surface area contributed by atoms with Crippen LogP contribution in [0.5, 0.6) is 0 Å². The lowest BCUT2D eigenvalue weighted by molar-refractivity contribution is -0.137. The zero-order chi connectivity index (χ0) is 20.6. The molecule has 7 nitrogen and oxygen atoms in total. The molecule has 3 aromatic heterocycles. The highest BCUT2D eigenvalue weighted by Gasteiger charge is 2.33. The third kappa shape index (κ3) is 3.73. The number of rotatable bonds is 4. The first-order valence-corrected chi connectivity index (χ1v) is 8.17. The SMILES string of the molecule is CC(C)c1nn(CC(=O)Nc2ccncc2F)c(=O)c2cc(C(F)(F)F)cn12. The van der Waals surface area contributed by atoms with Crippen LogP contribution < -0.4 is 10.9 Å². The number of aromatic nitrogens is 4. The third-order valence-corrected chi connectivity index (χ3v) is 3.93. The van der Waals surface area contributed by atoms with Crippen molar-refractivity contribution in [3.63, 3.8) is 0 Å². The van der Waals surface area contributed by atoms with Crippen molar-refractivity contribution in [1.29, 1.82) is 0 Å². The van der Waals surface area contributed by atoms with Crippen LogP contribution in [0.25, 0.3) is 5.52 Å². The van der Waals surface area contributed by atoms with Crippen LogP contribution in [0.2, 0.25) is 0 Å². The fraction of sp³-hybridized carbons (Fsp3) is 0.294. The van der Waals surface area contributed by atoms with E-state index in [0.717, 1.165) is 21.5 Å². The molecule has 1 N–H and O–H groups in total. The summed E-state index contributed by atoms with van der Waals surface area (Å²) in [5, 5.41) is 6.30. The van der Waals surface area contributed by atoms with Gasteiger partial charge in [0.05, 0.1) is 17.4 Å². The van der Waals surface area contributed by atoms with Crippen LogP contribution in [-0.2, 0) is 17.5 Å². The average Bonchev–Trinajstić information content (AvgIpc) is 3.05. The van der Waals surface area contributed by atoms with Crippen molar-refractivity contribution in [3.05, 3.63) is 58.3 Å². The van der Waals surface area contributed by atoms with Crippen LogP contribution >= 0.6 is 0 Å². The molecule has 3 heterocycles. The van der Waals surface area contributed by atoms with Gasteiger partial charge in [0.25, 0.3) is 5.56 Å². The Labute approximate surface area is 155 Å². The molecule has 0 radical (unpaired) electrons. The van der Waals surface area contributed by atoms with Crippen LogP contribution in [-0.4, -0.2) is 25.1 Å². The van der Waals surface area contributed by atoms with Crippen LogP contribution in [0.3, 0.4) is 0 Å². The number of nitrogens with zero attached hydrogens (tertiary/aromatic N) is 4. The summed E-state index contributed by atoms with van der Waals surface area (Å²) in [6, 6.07) is 1.95. The minimum atomic E-state index is -4.63. The minimum absolute atomic E-state index is 0.139. The second-order valence-corrected chi connectivity index (χ2v) is 6.36. The fourth-order valence-electron chi connectivity index (χ4n) is 2.62. The van der Waals surface area contributed by atoms with E-state index in [9.17, 15) is 27.2 Å². The Balaban J connectivity index is 2.01. The normalized spacial score (nSPS) is 12.0. The average molecular weight is 397 g/mol. The van der Waals surface area contributed by atoms with E-state index in [1.807, 2.05) is 0 Å². The first-order valence-electron chi connectivity index (χ1n) is 8.17. The Morgan fingerprint density at radius 1 is 1.32 bits per heavy atom. The second kappa shape index (κ2) is 7.06. The van der Waals surface area contributed by atoms with Crippen molar-refractivity contribution in [2.45, 2.75) is 32.5 Å². The predicted molar refractivity (Wildman–Crippen MR) is 91.4 cm³/mol. The highest BCUT2D eigenvalue weighted by Crippen LogP contribution is 2.31. The molecule has 3 rings (SSSR count). The number of anilines is 1. The van der Waals surface area contributed by atoms with Gasteiger partial charge in [-0.15, -0.1) is 0 Å². The summed E-state index contributed by atoms with van der Waals surface area (Å²) in [4.78, 5) is 28.3. The topological polar surface area (TPSA) is 81.3 Å². The van der Waals surface area contributed by atoms with Gasteiger partial charge in [-0.05, 0) is 12.1 Å². The molecule has 0 aliphatic rings. The van der Waals surface area contributed by atoms with Gasteiger partial charge in [-0.1, -0.05) is 13.8 Å². The number of carbonyl (C=O) groups is 1. The molecule has 0 saturated heterocycles. The Kier molecular flexibility index (Phi) is 4.92. The van der Waals surface area contributed by atoms with E-state index in [-0.39, 0.29) is 22.9 Å². The lowest BCUT2D eigenvalue weighted by Crippen LogP contribution is -2.32. The molecule has 3 aromatic rings. The van der Waals surface area contributed by atoms with Crippen LogP contribution in [0.15, 0.2) is 35.5 Å². The number of pyridine rings is 1. The lowest BCUT2D eigenvalue weighted by atomic mass is 10.2.